The number of aryl methyl sites for hydroxylation is 1. The molecule has 3 rings (SSSR count). The number of nitrogens with zero attached hydrogens (tertiary/aromatic N) is 1. The average Bonchev–Trinajstić information content (AvgIpc) is 3.19. The van der Waals surface area contributed by atoms with Gasteiger partial charge in [0.25, 0.3) is 5.56 Å². The highest BCUT2D eigenvalue weighted by Gasteiger charge is 2.40. The zero-order valence-electron chi connectivity index (χ0n) is 12.1. The minimum Gasteiger partial charge on any atom is -0.494 e. The Kier molecular flexibility index (Phi) is 3.20. The molecule has 0 spiro atoms. The maximum absolute atomic E-state index is 12.1. The highest BCUT2D eigenvalue weighted by Crippen LogP contribution is 2.46. The lowest BCUT2D eigenvalue weighted by Gasteiger charge is -2.11. The van der Waals surface area contributed by atoms with Gasteiger partial charge in [-0.1, -0.05) is 43.2 Å². The maximum atomic E-state index is 12.1. The van der Waals surface area contributed by atoms with Crippen LogP contribution < -0.4 is 11.2 Å². The van der Waals surface area contributed by atoms with Crippen LogP contribution in [0.4, 0.5) is 0 Å². The van der Waals surface area contributed by atoms with Gasteiger partial charge in [-0.3, -0.25) is 14.3 Å². The van der Waals surface area contributed by atoms with Gasteiger partial charge in [-0.15, -0.1) is 0 Å². The average molecular weight is 286 g/mol. The van der Waals surface area contributed by atoms with Crippen molar-refractivity contribution < 1.29 is 5.11 Å². The van der Waals surface area contributed by atoms with Crippen LogP contribution in [-0.2, 0) is 0 Å². The first-order valence-corrected chi connectivity index (χ1v) is 7.17. The van der Waals surface area contributed by atoms with Crippen molar-refractivity contribution in [3.8, 4) is 17.0 Å². The molecule has 1 saturated carbocycles. The molecule has 2 atom stereocenters. The van der Waals surface area contributed by atoms with Crippen LogP contribution in [0.25, 0.3) is 11.1 Å². The molecular formula is C16H18N2O3. The van der Waals surface area contributed by atoms with Gasteiger partial charge in [0.1, 0.15) is 5.56 Å². The van der Waals surface area contributed by atoms with E-state index in [1.54, 1.807) is 12.1 Å². The molecule has 0 amide bonds. The fraction of sp³-hybridized carbons (Fsp3) is 0.375. The van der Waals surface area contributed by atoms with Gasteiger partial charge in [-0.2, -0.15) is 0 Å². The highest BCUT2D eigenvalue weighted by molar-refractivity contribution is 5.67. The summed E-state index contributed by atoms with van der Waals surface area (Å²) in [4.78, 5) is 26.4. The van der Waals surface area contributed by atoms with Gasteiger partial charge in [0, 0.05) is 6.04 Å². The molecule has 1 heterocycles. The van der Waals surface area contributed by atoms with Gasteiger partial charge in [-0.25, -0.2) is 4.79 Å². The van der Waals surface area contributed by atoms with Gasteiger partial charge < -0.3 is 5.11 Å². The van der Waals surface area contributed by atoms with Crippen LogP contribution in [0.3, 0.4) is 0 Å². The topological polar surface area (TPSA) is 75.1 Å². The smallest absolute Gasteiger partial charge is 0.331 e. The normalized spacial score (nSPS) is 20.5. The number of benzene rings is 1. The molecule has 1 aromatic heterocycles. The molecule has 2 aromatic rings. The molecule has 1 fully saturated rings. The second kappa shape index (κ2) is 4.91. The van der Waals surface area contributed by atoms with Crippen LogP contribution in [-0.4, -0.2) is 14.7 Å². The number of hydrogen-bond donors (Lipinski definition) is 2. The Morgan fingerprint density at radius 3 is 2.52 bits per heavy atom. The van der Waals surface area contributed by atoms with Crippen LogP contribution >= 0.6 is 0 Å². The largest absolute Gasteiger partial charge is 0.494 e. The van der Waals surface area contributed by atoms with E-state index in [0.29, 0.717) is 11.5 Å². The van der Waals surface area contributed by atoms with Crippen LogP contribution in [0.15, 0.2) is 33.9 Å². The molecule has 110 valence electrons. The van der Waals surface area contributed by atoms with E-state index in [9.17, 15) is 14.7 Å². The predicted molar refractivity (Wildman–Crippen MR) is 80.6 cm³/mol. The van der Waals surface area contributed by atoms with Crippen molar-refractivity contribution in [3.63, 3.8) is 0 Å². The third kappa shape index (κ3) is 2.28. The number of hydrogen-bond acceptors (Lipinski definition) is 3. The van der Waals surface area contributed by atoms with Crippen molar-refractivity contribution in [2.45, 2.75) is 32.7 Å². The predicted octanol–water partition coefficient (Wildman–Crippen LogP) is 2.19. The summed E-state index contributed by atoms with van der Waals surface area (Å²) in [5, 5.41) is 10.4. The lowest BCUT2D eigenvalue weighted by molar-refractivity contribution is 0.398. The van der Waals surface area contributed by atoms with E-state index < -0.39 is 11.2 Å². The second-order valence-corrected chi connectivity index (χ2v) is 5.67. The summed E-state index contributed by atoms with van der Waals surface area (Å²) in [6.45, 7) is 4.00. The Morgan fingerprint density at radius 1 is 1.29 bits per heavy atom. The third-order valence-electron chi connectivity index (χ3n) is 4.20. The zero-order chi connectivity index (χ0) is 15.1. The van der Waals surface area contributed by atoms with Crippen LogP contribution in [0, 0.1) is 12.8 Å². The van der Waals surface area contributed by atoms with Crippen molar-refractivity contribution in [2.75, 3.05) is 0 Å². The van der Waals surface area contributed by atoms with Gasteiger partial charge in [0.05, 0.1) is 0 Å². The van der Waals surface area contributed by atoms with Gasteiger partial charge in [0.2, 0.25) is 5.88 Å². The molecule has 0 saturated heterocycles. The lowest BCUT2D eigenvalue weighted by Crippen LogP contribution is -2.30. The van der Waals surface area contributed by atoms with Crippen LogP contribution in [0.1, 0.15) is 31.4 Å². The van der Waals surface area contributed by atoms with E-state index in [-0.39, 0.29) is 17.5 Å². The monoisotopic (exact) mass is 286 g/mol. The quantitative estimate of drug-likeness (QED) is 0.908. The fourth-order valence-electron chi connectivity index (χ4n) is 2.81. The Hall–Kier alpha value is -2.30. The minimum atomic E-state index is -0.550. The first kappa shape index (κ1) is 13.7. The summed E-state index contributed by atoms with van der Waals surface area (Å²) in [6, 6.07) is 7.28. The van der Waals surface area contributed by atoms with Gasteiger partial charge >= 0.3 is 5.69 Å². The van der Waals surface area contributed by atoms with E-state index in [4.69, 9.17) is 0 Å². The number of H-pyrrole nitrogens is 1. The zero-order valence-corrected chi connectivity index (χ0v) is 12.1. The van der Waals surface area contributed by atoms with E-state index in [1.165, 1.54) is 4.57 Å². The molecule has 1 aliphatic rings. The molecule has 5 heteroatoms. The Labute approximate surface area is 121 Å². The summed E-state index contributed by atoms with van der Waals surface area (Å²) < 4.78 is 1.32. The molecule has 0 radical (unpaired) electrons. The van der Waals surface area contributed by atoms with E-state index in [0.717, 1.165) is 18.4 Å². The first-order valence-electron chi connectivity index (χ1n) is 7.17. The summed E-state index contributed by atoms with van der Waals surface area (Å²) in [6.07, 6.45) is 1.82. The SMILES string of the molecule is CCC1CC1n1c(O)c(-c2ccc(C)cc2)c(=O)[nH]c1=O. The van der Waals surface area contributed by atoms with Gasteiger partial charge in [-0.05, 0) is 24.8 Å². The van der Waals surface area contributed by atoms with Crippen molar-refractivity contribution in [1.29, 1.82) is 0 Å². The molecule has 0 bridgehead atoms. The lowest BCUT2D eigenvalue weighted by atomic mass is 10.1. The highest BCUT2D eigenvalue weighted by atomic mass is 16.3. The van der Waals surface area contributed by atoms with Crippen molar-refractivity contribution in [3.05, 3.63) is 50.7 Å². The van der Waals surface area contributed by atoms with Crippen molar-refractivity contribution in [1.82, 2.24) is 9.55 Å². The Bertz CT molecular complexity index is 787. The summed E-state index contributed by atoms with van der Waals surface area (Å²) >= 11 is 0. The number of aromatic amines is 1. The summed E-state index contributed by atoms with van der Waals surface area (Å²) in [5.41, 5.74) is 0.759. The number of rotatable bonds is 3. The standard InChI is InChI=1S/C16H18N2O3/c1-3-10-8-12(10)18-15(20)13(14(19)17-16(18)21)11-6-4-9(2)5-7-11/h4-7,10,12,20H,3,8H2,1-2H3,(H,17,19,21). The second-order valence-electron chi connectivity index (χ2n) is 5.67. The molecule has 2 unspecified atom stereocenters. The minimum absolute atomic E-state index is 0.0106. The first-order chi connectivity index (χ1) is 10.0. The molecule has 1 aromatic carbocycles. The fourth-order valence-corrected chi connectivity index (χ4v) is 2.81. The molecule has 5 nitrogen and oxygen atoms in total. The molecule has 0 aliphatic heterocycles. The van der Waals surface area contributed by atoms with Crippen LogP contribution in [0.2, 0.25) is 0 Å². The number of aromatic nitrogens is 2. The molecule has 21 heavy (non-hydrogen) atoms. The maximum Gasteiger partial charge on any atom is 0.331 e. The van der Waals surface area contributed by atoms with Gasteiger partial charge in [0.15, 0.2) is 0 Å². The Morgan fingerprint density at radius 2 is 1.95 bits per heavy atom. The third-order valence-corrected chi connectivity index (χ3v) is 4.20. The van der Waals surface area contributed by atoms with Crippen molar-refractivity contribution >= 4 is 0 Å². The molecule has 2 N–H and O–H groups in total. The van der Waals surface area contributed by atoms with Crippen molar-refractivity contribution in [2.24, 2.45) is 5.92 Å². The number of aromatic hydroxyl groups is 1. The van der Waals surface area contributed by atoms with Crippen LogP contribution in [0.5, 0.6) is 5.88 Å². The summed E-state index contributed by atoms with van der Waals surface area (Å²) in [7, 11) is 0. The van der Waals surface area contributed by atoms with E-state index in [2.05, 4.69) is 11.9 Å². The summed E-state index contributed by atoms with van der Waals surface area (Å²) in [5.74, 6) is 0.166. The van der Waals surface area contributed by atoms with E-state index >= 15 is 0 Å². The molecule has 1 aliphatic carbocycles. The van der Waals surface area contributed by atoms with E-state index in [1.807, 2.05) is 19.1 Å². The molecular weight excluding hydrogens is 268 g/mol. The number of nitrogens with one attached hydrogen (secondary N) is 1. The Balaban J connectivity index is 2.17.